The fourth-order valence-electron chi connectivity index (χ4n) is 2.09. The number of halogens is 3. The molecular formula is C15H7F3N4. The zero-order chi connectivity index (χ0) is 15.7. The lowest BCUT2D eigenvalue weighted by molar-refractivity contribution is 0.496. The van der Waals surface area contributed by atoms with Gasteiger partial charge < -0.3 is 0 Å². The van der Waals surface area contributed by atoms with E-state index in [1.54, 1.807) is 18.2 Å². The summed E-state index contributed by atoms with van der Waals surface area (Å²) in [6.45, 7) is 0. The van der Waals surface area contributed by atoms with Crippen LogP contribution in [0.5, 0.6) is 0 Å². The van der Waals surface area contributed by atoms with Gasteiger partial charge in [0, 0.05) is 17.2 Å². The van der Waals surface area contributed by atoms with E-state index >= 15 is 0 Å². The average Bonchev–Trinajstić information content (AvgIpc) is 2.99. The van der Waals surface area contributed by atoms with E-state index in [1.807, 2.05) is 6.07 Å². The Bertz CT molecular complexity index is 896. The van der Waals surface area contributed by atoms with Crippen LogP contribution in [0, 0.1) is 28.8 Å². The average molecular weight is 300 g/mol. The number of rotatable bonds is 2. The molecule has 0 saturated heterocycles. The summed E-state index contributed by atoms with van der Waals surface area (Å²) in [5, 5.41) is 18.7. The summed E-state index contributed by atoms with van der Waals surface area (Å²) in [5.74, 6) is -3.27. The van der Waals surface area contributed by atoms with Crippen molar-refractivity contribution in [1.29, 1.82) is 5.26 Å². The molecule has 3 rings (SSSR count). The fourth-order valence-corrected chi connectivity index (χ4v) is 2.09. The maximum Gasteiger partial charge on any atom is 0.163 e. The molecule has 4 nitrogen and oxygen atoms in total. The van der Waals surface area contributed by atoms with Crippen molar-refractivity contribution in [1.82, 2.24) is 15.4 Å². The molecule has 0 saturated carbocycles. The Morgan fingerprint density at radius 3 is 2.45 bits per heavy atom. The van der Waals surface area contributed by atoms with Crippen molar-refractivity contribution in [3.05, 3.63) is 59.5 Å². The molecule has 0 amide bonds. The minimum absolute atomic E-state index is 0.0808. The SMILES string of the molecule is N#Cc1[nH]nnc1-c1cccc(-c2cc(F)c(F)cc2F)c1. The Hall–Kier alpha value is -3.14. The lowest BCUT2D eigenvalue weighted by Crippen LogP contribution is -1.92. The van der Waals surface area contributed by atoms with Crippen LogP contribution in [-0.4, -0.2) is 15.4 Å². The highest BCUT2D eigenvalue weighted by molar-refractivity contribution is 5.73. The van der Waals surface area contributed by atoms with Gasteiger partial charge >= 0.3 is 0 Å². The van der Waals surface area contributed by atoms with E-state index in [2.05, 4.69) is 15.4 Å². The molecule has 1 N–H and O–H groups in total. The Labute approximate surface area is 122 Å². The van der Waals surface area contributed by atoms with E-state index in [4.69, 9.17) is 5.26 Å². The first-order valence-electron chi connectivity index (χ1n) is 6.16. The van der Waals surface area contributed by atoms with Gasteiger partial charge in [0.15, 0.2) is 17.3 Å². The summed E-state index contributed by atoms with van der Waals surface area (Å²) < 4.78 is 40.2. The highest BCUT2D eigenvalue weighted by Gasteiger charge is 2.14. The Morgan fingerprint density at radius 1 is 0.955 bits per heavy atom. The molecule has 0 aliphatic carbocycles. The molecule has 1 aromatic heterocycles. The van der Waals surface area contributed by atoms with E-state index in [-0.39, 0.29) is 11.3 Å². The van der Waals surface area contributed by atoms with Crippen molar-refractivity contribution < 1.29 is 13.2 Å². The van der Waals surface area contributed by atoms with Crippen molar-refractivity contribution >= 4 is 0 Å². The van der Waals surface area contributed by atoms with Crippen LogP contribution in [0.15, 0.2) is 36.4 Å². The largest absolute Gasteiger partial charge is 0.247 e. The number of nitrogens with zero attached hydrogens (tertiary/aromatic N) is 3. The van der Waals surface area contributed by atoms with Crippen molar-refractivity contribution in [3.63, 3.8) is 0 Å². The molecule has 22 heavy (non-hydrogen) atoms. The zero-order valence-corrected chi connectivity index (χ0v) is 10.9. The zero-order valence-electron chi connectivity index (χ0n) is 10.9. The van der Waals surface area contributed by atoms with Gasteiger partial charge in [-0.15, -0.1) is 5.10 Å². The molecular weight excluding hydrogens is 293 g/mol. The second-order valence-electron chi connectivity index (χ2n) is 4.47. The van der Waals surface area contributed by atoms with Gasteiger partial charge in [-0.1, -0.05) is 23.4 Å². The van der Waals surface area contributed by atoms with Crippen LogP contribution in [0.25, 0.3) is 22.4 Å². The number of benzene rings is 2. The summed E-state index contributed by atoms with van der Waals surface area (Å²) in [4.78, 5) is 0. The first-order valence-corrected chi connectivity index (χ1v) is 6.16. The number of aromatic nitrogens is 3. The minimum Gasteiger partial charge on any atom is -0.247 e. The Balaban J connectivity index is 2.13. The predicted molar refractivity (Wildman–Crippen MR) is 71.8 cm³/mol. The standard InChI is InChI=1S/C15H7F3N4/c16-11-6-13(18)12(17)5-10(11)8-2-1-3-9(4-8)15-14(7-19)20-22-21-15/h1-6H,(H,20,21,22). The van der Waals surface area contributed by atoms with Crippen molar-refractivity contribution in [3.8, 4) is 28.5 Å². The van der Waals surface area contributed by atoms with Gasteiger partial charge in [0.05, 0.1) is 0 Å². The van der Waals surface area contributed by atoms with Gasteiger partial charge in [0.25, 0.3) is 0 Å². The fraction of sp³-hybridized carbons (Fsp3) is 0. The predicted octanol–water partition coefficient (Wildman–Crippen LogP) is 3.43. The van der Waals surface area contributed by atoms with Gasteiger partial charge in [-0.3, -0.25) is 0 Å². The summed E-state index contributed by atoms with van der Waals surface area (Å²) in [6, 6.07) is 9.50. The lowest BCUT2D eigenvalue weighted by Gasteiger charge is -2.06. The third-order valence-corrected chi connectivity index (χ3v) is 3.12. The minimum atomic E-state index is -1.25. The van der Waals surface area contributed by atoms with E-state index in [0.29, 0.717) is 22.9 Å². The maximum absolute atomic E-state index is 13.8. The van der Waals surface area contributed by atoms with Crippen LogP contribution in [0.2, 0.25) is 0 Å². The molecule has 3 aromatic rings. The van der Waals surface area contributed by atoms with Crippen LogP contribution in [-0.2, 0) is 0 Å². The van der Waals surface area contributed by atoms with Crippen molar-refractivity contribution in [2.24, 2.45) is 0 Å². The van der Waals surface area contributed by atoms with E-state index in [1.165, 1.54) is 6.07 Å². The van der Waals surface area contributed by atoms with Crippen molar-refractivity contribution in [2.45, 2.75) is 0 Å². The second kappa shape index (κ2) is 5.33. The molecule has 0 spiro atoms. The monoisotopic (exact) mass is 300 g/mol. The number of hydrogen-bond donors (Lipinski definition) is 1. The molecule has 0 radical (unpaired) electrons. The van der Waals surface area contributed by atoms with Crippen LogP contribution >= 0.6 is 0 Å². The smallest absolute Gasteiger partial charge is 0.163 e. The number of aromatic amines is 1. The lowest BCUT2D eigenvalue weighted by atomic mass is 10.0. The van der Waals surface area contributed by atoms with E-state index in [9.17, 15) is 13.2 Å². The number of hydrogen-bond acceptors (Lipinski definition) is 3. The van der Waals surface area contributed by atoms with Crippen molar-refractivity contribution in [2.75, 3.05) is 0 Å². The summed E-state index contributed by atoms with van der Waals surface area (Å²) in [5.41, 5.74) is 1.21. The highest BCUT2D eigenvalue weighted by atomic mass is 19.2. The summed E-state index contributed by atoms with van der Waals surface area (Å²) in [7, 11) is 0. The van der Waals surface area contributed by atoms with Crippen LogP contribution < -0.4 is 0 Å². The Kier molecular flexibility index (Phi) is 3.35. The molecule has 7 heteroatoms. The van der Waals surface area contributed by atoms with Crippen LogP contribution in [0.3, 0.4) is 0 Å². The summed E-state index contributed by atoms with van der Waals surface area (Å²) in [6.07, 6.45) is 0. The molecule has 1 heterocycles. The molecule has 2 aromatic carbocycles. The van der Waals surface area contributed by atoms with Gasteiger partial charge in [-0.05, 0) is 17.7 Å². The number of H-pyrrole nitrogens is 1. The van der Waals surface area contributed by atoms with Gasteiger partial charge in [-0.25, -0.2) is 18.3 Å². The van der Waals surface area contributed by atoms with E-state index in [0.717, 1.165) is 6.07 Å². The molecule has 0 atom stereocenters. The third kappa shape index (κ3) is 2.31. The first kappa shape index (κ1) is 13.8. The van der Waals surface area contributed by atoms with Crippen LogP contribution in [0.4, 0.5) is 13.2 Å². The van der Waals surface area contributed by atoms with Crippen LogP contribution in [0.1, 0.15) is 5.69 Å². The molecule has 108 valence electrons. The molecule has 0 aliphatic heterocycles. The number of nitrogens with one attached hydrogen (secondary N) is 1. The Morgan fingerprint density at radius 2 is 1.68 bits per heavy atom. The van der Waals surface area contributed by atoms with E-state index < -0.39 is 17.5 Å². The third-order valence-electron chi connectivity index (χ3n) is 3.12. The normalized spacial score (nSPS) is 10.5. The number of nitriles is 1. The van der Waals surface area contributed by atoms with Gasteiger partial charge in [-0.2, -0.15) is 5.26 Å². The maximum atomic E-state index is 13.8. The summed E-state index contributed by atoms with van der Waals surface area (Å²) >= 11 is 0. The second-order valence-corrected chi connectivity index (χ2v) is 4.47. The topological polar surface area (TPSA) is 65.4 Å². The highest BCUT2D eigenvalue weighted by Crippen LogP contribution is 2.29. The molecule has 0 aliphatic rings. The van der Waals surface area contributed by atoms with Gasteiger partial charge in [0.2, 0.25) is 0 Å². The molecule has 0 fully saturated rings. The first-order chi connectivity index (χ1) is 10.6. The van der Waals surface area contributed by atoms with Gasteiger partial charge in [0.1, 0.15) is 17.6 Å². The molecule has 0 bridgehead atoms. The quantitative estimate of drug-likeness (QED) is 0.737. The molecule has 0 unspecified atom stereocenters.